The number of aliphatic carboxylic acids is 1. The van der Waals surface area contributed by atoms with E-state index in [1.165, 1.54) is 0 Å². The van der Waals surface area contributed by atoms with Gasteiger partial charge in [-0.15, -0.1) is 0 Å². The van der Waals surface area contributed by atoms with Gasteiger partial charge in [-0.2, -0.15) is 0 Å². The molecule has 0 aromatic heterocycles. The Morgan fingerprint density at radius 2 is 1.36 bits per heavy atom. The molecule has 0 aliphatic carbocycles. The molecular weight excluding hydrogens is 466 g/mol. The van der Waals surface area contributed by atoms with Crippen LogP contribution in [0.5, 0.6) is 0 Å². The van der Waals surface area contributed by atoms with E-state index in [2.05, 4.69) is 21.3 Å². The molecule has 0 aliphatic rings. The van der Waals surface area contributed by atoms with Gasteiger partial charge in [0.1, 0.15) is 12.1 Å². The highest BCUT2D eigenvalue weighted by atomic mass is 16.4. The number of carboxylic acid groups (broad SMARTS) is 1. The van der Waals surface area contributed by atoms with Gasteiger partial charge in [0.15, 0.2) is 0 Å². The van der Waals surface area contributed by atoms with Gasteiger partial charge in [-0.05, 0) is 30.2 Å². The van der Waals surface area contributed by atoms with Crippen molar-refractivity contribution in [1.29, 1.82) is 0 Å². The third-order valence-electron chi connectivity index (χ3n) is 5.19. The molecule has 200 valence electrons. The second kappa shape index (κ2) is 15.5. The van der Waals surface area contributed by atoms with E-state index >= 15 is 0 Å². The number of carboxylic acids is 1. The molecule has 1 aromatic carbocycles. The van der Waals surface area contributed by atoms with Gasteiger partial charge >= 0.3 is 5.97 Å². The summed E-state index contributed by atoms with van der Waals surface area (Å²) in [4.78, 5) is 60.9. The summed E-state index contributed by atoms with van der Waals surface area (Å²) in [5.74, 6) is -3.25. The minimum absolute atomic E-state index is 0.0317. The van der Waals surface area contributed by atoms with Gasteiger partial charge < -0.3 is 32.1 Å². The Kier molecular flexibility index (Phi) is 13.2. The SMILES string of the molecule is CC(C)C[C@H](NC(=O)[C@H](Cc1ccccc1)NC(=O)CNC(=O)CNC(=O)[C@@H](N)CC(C)C)C(=O)O. The summed E-state index contributed by atoms with van der Waals surface area (Å²) < 4.78 is 0. The van der Waals surface area contributed by atoms with E-state index in [1.807, 2.05) is 33.8 Å². The number of rotatable bonds is 15. The van der Waals surface area contributed by atoms with Crippen molar-refractivity contribution in [2.45, 2.75) is 65.1 Å². The molecule has 11 nitrogen and oxygen atoms in total. The molecule has 0 saturated carbocycles. The van der Waals surface area contributed by atoms with Crippen LogP contribution in [0.15, 0.2) is 30.3 Å². The first-order valence-corrected chi connectivity index (χ1v) is 12.1. The Bertz CT molecular complexity index is 890. The fourth-order valence-corrected chi connectivity index (χ4v) is 3.42. The van der Waals surface area contributed by atoms with E-state index < -0.39 is 54.3 Å². The Morgan fingerprint density at radius 3 is 1.92 bits per heavy atom. The van der Waals surface area contributed by atoms with Crippen LogP contribution in [0.4, 0.5) is 0 Å². The van der Waals surface area contributed by atoms with Crippen LogP contribution in [-0.4, -0.2) is 65.9 Å². The highest BCUT2D eigenvalue weighted by Gasteiger charge is 2.27. The molecule has 0 radical (unpaired) electrons. The molecular formula is C25H39N5O6. The van der Waals surface area contributed by atoms with Gasteiger partial charge in [0, 0.05) is 6.42 Å². The van der Waals surface area contributed by atoms with E-state index in [9.17, 15) is 29.1 Å². The van der Waals surface area contributed by atoms with Crippen LogP contribution in [-0.2, 0) is 30.4 Å². The summed E-state index contributed by atoms with van der Waals surface area (Å²) in [5.41, 5.74) is 6.53. The summed E-state index contributed by atoms with van der Waals surface area (Å²) in [6, 6.07) is 6.05. The summed E-state index contributed by atoms with van der Waals surface area (Å²) >= 11 is 0. The average Bonchev–Trinajstić information content (AvgIpc) is 2.80. The lowest BCUT2D eigenvalue weighted by Gasteiger charge is -2.22. The summed E-state index contributed by atoms with van der Waals surface area (Å²) in [6.07, 6.45) is 0.834. The van der Waals surface area contributed by atoms with Crippen molar-refractivity contribution in [3.8, 4) is 0 Å². The number of benzene rings is 1. The maximum atomic E-state index is 12.9. The van der Waals surface area contributed by atoms with Crippen LogP contribution in [0, 0.1) is 11.8 Å². The maximum Gasteiger partial charge on any atom is 0.326 e. The van der Waals surface area contributed by atoms with Gasteiger partial charge in [-0.3, -0.25) is 19.2 Å². The molecule has 0 fully saturated rings. The number of nitrogens with two attached hydrogens (primary N) is 1. The third-order valence-corrected chi connectivity index (χ3v) is 5.19. The number of carbonyl (C=O) groups is 5. The summed E-state index contributed by atoms with van der Waals surface area (Å²) in [5, 5.41) is 19.3. The van der Waals surface area contributed by atoms with E-state index in [0.29, 0.717) is 6.42 Å². The van der Waals surface area contributed by atoms with Crippen LogP contribution in [0.25, 0.3) is 0 Å². The molecule has 0 bridgehead atoms. The molecule has 0 unspecified atom stereocenters. The Hall–Kier alpha value is -3.47. The van der Waals surface area contributed by atoms with Crippen molar-refractivity contribution in [3.05, 3.63) is 35.9 Å². The number of hydrogen-bond acceptors (Lipinski definition) is 6. The molecule has 1 aromatic rings. The molecule has 1 rings (SSSR count). The first kappa shape index (κ1) is 30.6. The van der Waals surface area contributed by atoms with Crippen molar-refractivity contribution in [3.63, 3.8) is 0 Å². The molecule has 7 N–H and O–H groups in total. The van der Waals surface area contributed by atoms with Gasteiger partial charge in [0.25, 0.3) is 0 Å². The Labute approximate surface area is 212 Å². The predicted molar refractivity (Wildman–Crippen MR) is 135 cm³/mol. The Morgan fingerprint density at radius 1 is 0.778 bits per heavy atom. The minimum atomic E-state index is -1.16. The van der Waals surface area contributed by atoms with E-state index in [0.717, 1.165) is 5.56 Å². The summed E-state index contributed by atoms with van der Waals surface area (Å²) in [7, 11) is 0. The second-order valence-corrected chi connectivity index (χ2v) is 9.57. The highest BCUT2D eigenvalue weighted by Crippen LogP contribution is 2.08. The number of amides is 4. The van der Waals surface area contributed by atoms with E-state index in [-0.39, 0.29) is 31.2 Å². The predicted octanol–water partition coefficient (Wildman–Crippen LogP) is -0.0648. The second-order valence-electron chi connectivity index (χ2n) is 9.57. The van der Waals surface area contributed by atoms with Crippen LogP contribution in [0.1, 0.15) is 46.1 Å². The summed E-state index contributed by atoms with van der Waals surface area (Å²) in [6.45, 7) is 6.76. The van der Waals surface area contributed by atoms with Crippen molar-refractivity contribution in [2.75, 3.05) is 13.1 Å². The molecule has 3 atom stereocenters. The molecule has 0 heterocycles. The third kappa shape index (κ3) is 12.3. The van der Waals surface area contributed by atoms with Crippen LogP contribution < -0.4 is 27.0 Å². The first-order valence-electron chi connectivity index (χ1n) is 12.1. The van der Waals surface area contributed by atoms with Crippen LogP contribution >= 0.6 is 0 Å². The normalized spacial score (nSPS) is 13.4. The topological polar surface area (TPSA) is 180 Å². The molecule has 0 spiro atoms. The number of nitrogens with one attached hydrogen (secondary N) is 4. The van der Waals surface area contributed by atoms with Crippen molar-refractivity contribution >= 4 is 29.6 Å². The molecule has 36 heavy (non-hydrogen) atoms. The zero-order valence-electron chi connectivity index (χ0n) is 21.4. The van der Waals surface area contributed by atoms with Gasteiger partial charge in [0.05, 0.1) is 19.1 Å². The lowest BCUT2D eigenvalue weighted by Crippen LogP contribution is -2.54. The van der Waals surface area contributed by atoms with Gasteiger partial charge in [-0.25, -0.2) is 4.79 Å². The minimum Gasteiger partial charge on any atom is -0.480 e. The average molecular weight is 506 g/mol. The van der Waals surface area contributed by atoms with Crippen LogP contribution in [0.2, 0.25) is 0 Å². The number of carbonyl (C=O) groups excluding carboxylic acids is 4. The highest BCUT2D eigenvalue weighted by molar-refractivity contribution is 5.93. The van der Waals surface area contributed by atoms with Gasteiger partial charge in [-0.1, -0.05) is 58.0 Å². The zero-order chi connectivity index (χ0) is 27.3. The largest absolute Gasteiger partial charge is 0.480 e. The fraction of sp³-hybridized carbons (Fsp3) is 0.560. The molecule has 0 saturated heterocycles. The quantitative estimate of drug-likeness (QED) is 0.193. The van der Waals surface area contributed by atoms with E-state index in [4.69, 9.17) is 5.73 Å². The Balaban J connectivity index is 2.71. The van der Waals surface area contributed by atoms with Gasteiger partial charge in [0.2, 0.25) is 23.6 Å². The monoisotopic (exact) mass is 505 g/mol. The van der Waals surface area contributed by atoms with Crippen LogP contribution in [0.3, 0.4) is 0 Å². The van der Waals surface area contributed by atoms with Crippen molar-refractivity contribution in [1.82, 2.24) is 21.3 Å². The lowest BCUT2D eigenvalue weighted by atomic mass is 10.0. The number of hydrogen-bond donors (Lipinski definition) is 6. The van der Waals surface area contributed by atoms with E-state index in [1.54, 1.807) is 24.3 Å². The van der Waals surface area contributed by atoms with Crippen molar-refractivity contribution < 1.29 is 29.1 Å². The molecule has 4 amide bonds. The smallest absolute Gasteiger partial charge is 0.326 e. The van der Waals surface area contributed by atoms with Crippen molar-refractivity contribution in [2.24, 2.45) is 17.6 Å². The first-order chi connectivity index (χ1) is 16.9. The molecule has 0 aliphatic heterocycles. The molecule has 11 heteroatoms. The standard InChI is InChI=1S/C25H39N5O6/c1-15(2)10-18(26)23(33)28-13-21(31)27-14-22(32)29-19(12-17-8-6-5-7-9-17)24(34)30-20(25(35)36)11-16(3)4/h5-9,15-16,18-20H,10-14,26H2,1-4H3,(H,27,31)(H,28,33)(H,29,32)(H,30,34)(H,35,36)/t18-,19-,20-/m0/s1. The lowest BCUT2D eigenvalue weighted by molar-refractivity contribution is -0.142. The fourth-order valence-electron chi connectivity index (χ4n) is 3.42. The zero-order valence-corrected chi connectivity index (χ0v) is 21.4. The maximum absolute atomic E-state index is 12.9.